The number of hydrogen-bond donors (Lipinski definition) is 1. The van der Waals surface area contributed by atoms with Gasteiger partial charge in [-0.15, -0.1) is 0 Å². The second kappa shape index (κ2) is 3.66. The lowest BCUT2D eigenvalue weighted by Crippen LogP contribution is -2.17. The number of amides is 1. The van der Waals surface area contributed by atoms with Gasteiger partial charge in [0.2, 0.25) is 0 Å². The third-order valence-electron chi connectivity index (χ3n) is 2.27. The van der Waals surface area contributed by atoms with Crippen LogP contribution in [-0.2, 0) is 0 Å². The Hall–Kier alpha value is -2.35. The number of rotatable bonds is 1. The molecule has 0 spiro atoms. The molecule has 0 aliphatic carbocycles. The summed E-state index contributed by atoms with van der Waals surface area (Å²) < 4.78 is 18.2. The van der Waals surface area contributed by atoms with E-state index >= 15 is 0 Å². The molecule has 1 amide bonds. The van der Waals surface area contributed by atoms with Crippen molar-refractivity contribution in [2.45, 2.75) is 6.92 Å². The third kappa shape index (κ3) is 1.50. The Kier molecular flexibility index (Phi) is 2.33. The van der Waals surface area contributed by atoms with Crippen LogP contribution in [0.4, 0.5) is 4.39 Å². The molecule has 0 bridgehead atoms. The summed E-state index contributed by atoms with van der Waals surface area (Å²) in [6, 6.07) is 3.98. The second-order valence-electron chi connectivity index (χ2n) is 3.26. The van der Waals surface area contributed by atoms with E-state index < -0.39 is 11.7 Å². The highest BCUT2D eigenvalue weighted by molar-refractivity contribution is 5.99. The molecule has 80 valence electrons. The van der Waals surface area contributed by atoms with Crippen LogP contribution in [0.15, 0.2) is 22.6 Å². The zero-order chi connectivity index (χ0) is 11.7. The molecule has 0 aliphatic heterocycles. The van der Waals surface area contributed by atoms with Crippen molar-refractivity contribution < 1.29 is 13.6 Å². The van der Waals surface area contributed by atoms with Gasteiger partial charge in [-0.3, -0.25) is 10.1 Å². The first-order chi connectivity index (χ1) is 7.63. The number of nitriles is 1. The van der Waals surface area contributed by atoms with Crippen LogP contribution < -0.4 is 5.32 Å². The van der Waals surface area contributed by atoms with Crippen molar-refractivity contribution in [1.82, 2.24) is 5.32 Å². The van der Waals surface area contributed by atoms with Gasteiger partial charge in [-0.25, -0.2) is 4.39 Å². The number of furan rings is 1. The molecule has 1 heterocycles. The molecule has 0 atom stereocenters. The minimum absolute atomic E-state index is 0.0298. The predicted molar refractivity (Wildman–Crippen MR) is 54.0 cm³/mol. The average Bonchev–Trinajstić information content (AvgIpc) is 2.57. The average molecular weight is 218 g/mol. The number of hydrogen-bond acceptors (Lipinski definition) is 3. The summed E-state index contributed by atoms with van der Waals surface area (Å²) in [6.45, 7) is 1.64. The van der Waals surface area contributed by atoms with Crippen LogP contribution in [0.1, 0.15) is 16.1 Å². The van der Waals surface area contributed by atoms with E-state index in [1.165, 1.54) is 24.4 Å². The molecule has 0 unspecified atom stereocenters. The van der Waals surface area contributed by atoms with E-state index in [0.29, 0.717) is 16.5 Å². The van der Waals surface area contributed by atoms with Gasteiger partial charge in [0.1, 0.15) is 11.4 Å². The molecule has 0 fully saturated rings. The van der Waals surface area contributed by atoms with E-state index in [0.717, 1.165) is 0 Å². The summed E-state index contributed by atoms with van der Waals surface area (Å²) in [6.07, 6.45) is 1.52. The highest BCUT2D eigenvalue weighted by atomic mass is 19.1. The molecule has 2 aromatic rings. The summed E-state index contributed by atoms with van der Waals surface area (Å²) in [4.78, 5) is 11.4. The van der Waals surface area contributed by atoms with Gasteiger partial charge in [0.15, 0.2) is 12.0 Å². The van der Waals surface area contributed by atoms with Gasteiger partial charge in [-0.2, -0.15) is 5.26 Å². The maximum absolute atomic E-state index is 13.0. The van der Waals surface area contributed by atoms with E-state index in [1.807, 2.05) is 5.32 Å². The van der Waals surface area contributed by atoms with Crippen LogP contribution in [-0.4, -0.2) is 5.91 Å². The molecule has 4 nitrogen and oxygen atoms in total. The lowest BCUT2D eigenvalue weighted by molar-refractivity contribution is 0.0947. The predicted octanol–water partition coefficient (Wildman–Crippen LogP) is 2.09. The van der Waals surface area contributed by atoms with Crippen LogP contribution in [0, 0.1) is 24.2 Å². The summed E-state index contributed by atoms with van der Waals surface area (Å²) in [5.41, 5.74) is 0.934. The van der Waals surface area contributed by atoms with E-state index in [2.05, 4.69) is 0 Å². The molecule has 0 radical (unpaired) electrons. The smallest absolute Gasteiger partial charge is 0.300 e. The standard InChI is InChI=1S/C11H7FN2O2/c1-6-8-4-7(12)2-3-9(8)16-10(6)11(15)14-5-13/h2-4H,1H3,(H,14,15). The molecular formula is C11H7FN2O2. The summed E-state index contributed by atoms with van der Waals surface area (Å²) in [5.74, 6) is -0.998. The van der Waals surface area contributed by atoms with E-state index in [4.69, 9.17) is 9.68 Å². The molecule has 5 heteroatoms. The molecule has 1 aromatic heterocycles. The number of benzene rings is 1. The third-order valence-corrected chi connectivity index (χ3v) is 2.27. The maximum Gasteiger partial charge on any atom is 0.300 e. The number of carbonyl (C=O) groups excluding carboxylic acids is 1. The van der Waals surface area contributed by atoms with E-state index in [-0.39, 0.29) is 5.76 Å². The minimum Gasteiger partial charge on any atom is -0.451 e. The topological polar surface area (TPSA) is 66.0 Å². The normalized spacial score (nSPS) is 10.1. The molecule has 0 aliphatic rings. The van der Waals surface area contributed by atoms with Crippen LogP contribution in [0.3, 0.4) is 0 Å². The lowest BCUT2D eigenvalue weighted by atomic mass is 10.1. The number of carbonyl (C=O) groups is 1. The van der Waals surface area contributed by atoms with Crippen molar-refractivity contribution in [3.8, 4) is 6.19 Å². The molecule has 16 heavy (non-hydrogen) atoms. The summed E-state index contributed by atoms with van der Waals surface area (Å²) in [5, 5.41) is 10.8. The number of fused-ring (bicyclic) bond motifs is 1. The minimum atomic E-state index is -0.628. The first kappa shape index (κ1) is 10.2. The maximum atomic E-state index is 13.0. The van der Waals surface area contributed by atoms with Crippen LogP contribution in [0.5, 0.6) is 0 Å². The molecule has 0 saturated carbocycles. The number of nitrogens with zero attached hydrogens (tertiary/aromatic N) is 1. The fraction of sp³-hybridized carbons (Fsp3) is 0.0909. The largest absolute Gasteiger partial charge is 0.451 e. The van der Waals surface area contributed by atoms with Gasteiger partial charge in [0.05, 0.1) is 0 Å². The summed E-state index contributed by atoms with van der Waals surface area (Å²) in [7, 11) is 0. The van der Waals surface area contributed by atoms with Crippen molar-refractivity contribution in [3.63, 3.8) is 0 Å². The van der Waals surface area contributed by atoms with Gasteiger partial charge in [0.25, 0.3) is 5.91 Å². The number of nitrogens with one attached hydrogen (secondary N) is 1. The highest BCUT2D eigenvalue weighted by Gasteiger charge is 2.17. The molecular weight excluding hydrogens is 211 g/mol. The van der Waals surface area contributed by atoms with Gasteiger partial charge >= 0.3 is 0 Å². The second-order valence-corrected chi connectivity index (χ2v) is 3.26. The Balaban J connectivity index is 2.61. The van der Waals surface area contributed by atoms with Crippen molar-refractivity contribution in [3.05, 3.63) is 35.3 Å². The van der Waals surface area contributed by atoms with Crippen LogP contribution in [0.2, 0.25) is 0 Å². The van der Waals surface area contributed by atoms with E-state index in [1.54, 1.807) is 6.92 Å². The Morgan fingerprint density at radius 2 is 2.31 bits per heavy atom. The Labute approximate surface area is 90.3 Å². The van der Waals surface area contributed by atoms with Crippen molar-refractivity contribution in [2.24, 2.45) is 0 Å². The Bertz CT molecular complexity index is 610. The SMILES string of the molecule is Cc1c(C(=O)NC#N)oc2ccc(F)cc12. The van der Waals surface area contributed by atoms with Crippen LogP contribution >= 0.6 is 0 Å². The zero-order valence-electron chi connectivity index (χ0n) is 8.37. The molecule has 1 N–H and O–H groups in total. The lowest BCUT2D eigenvalue weighted by Gasteiger charge is -1.92. The van der Waals surface area contributed by atoms with Crippen molar-refractivity contribution >= 4 is 16.9 Å². The monoisotopic (exact) mass is 218 g/mol. The first-order valence-electron chi connectivity index (χ1n) is 4.51. The molecule has 1 aromatic carbocycles. The summed E-state index contributed by atoms with van der Waals surface area (Å²) >= 11 is 0. The van der Waals surface area contributed by atoms with Crippen LogP contribution in [0.25, 0.3) is 11.0 Å². The van der Waals surface area contributed by atoms with Gasteiger partial charge in [-0.1, -0.05) is 0 Å². The first-order valence-corrected chi connectivity index (χ1v) is 4.51. The number of aryl methyl sites for hydroxylation is 1. The van der Waals surface area contributed by atoms with Gasteiger partial charge in [-0.05, 0) is 25.1 Å². The van der Waals surface area contributed by atoms with Gasteiger partial charge < -0.3 is 4.42 Å². The Morgan fingerprint density at radius 1 is 1.56 bits per heavy atom. The Morgan fingerprint density at radius 3 is 3.00 bits per heavy atom. The highest BCUT2D eigenvalue weighted by Crippen LogP contribution is 2.25. The fourth-order valence-electron chi connectivity index (χ4n) is 1.52. The number of halogens is 1. The molecule has 2 rings (SSSR count). The quantitative estimate of drug-likeness (QED) is 0.588. The van der Waals surface area contributed by atoms with Crippen molar-refractivity contribution in [1.29, 1.82) is 5.26 Å². The molecule has 0 saturated heterocycles. The van der Waals surface area contributed by atoms with Gasteiger partial charge in [0, 0.05) is 10.9 Å². The van der Waals surface area contributed by atoms with Crippen molar-refractivity contribution in [2.75, 3.05) is 0 Å². The zero-order valence-corrected chi connectivity index (χ0v) is 8.37. The fourth-order valence-corrected chi connectivity index (χ4v) is 1.52. The van der Waals surface area contributed by atoms with E-state index in [9.17, 15) is 9.18 Å².